The minimum atomic E-state index is -0.322. The first-order chi connectivity index (χ1) is 13.0. The number of hydrogen-bond donors (Lipinski definition) is 0. The largest absolute Gasteiger partial charge is 0.497 e. The van der Waals surface area contributed by atoms with Crippen LogP contribution in [0.1, 0.15) is 32.7 Å². The summed E-state index contributed by atoms with van der Waals surface area (Å²) in [5.41, 5.74) is 1.50. The average Bonchev–Trinajstić information content (AvgIpc) is 2.95. The normalized spacial score (nSPS) is 14.6. The van der Waals surface area contributed by atoms with Crippen LogP contribution in [0.4, 0.5) is 4.39 Å². The zero-order chi connectivity index (χ0) is 19.4. The first-order valence-corrected chi connectivity index (χ1v) is 8.98. The van der Waals surface area contributed by atoms with Gasteiger partial charge in [0, 0.05) is 37.3 Å². The number of rotatable bonds is 3. The van der Waals surface area contributed by atoms with E-state index in [0.29, 0.717) is 55.0 Å². The van der Waals surface area contributed by atoms with Gasteiger partial charge in [-0.25, -0.2) is 4.39 Å². The fourth-order valence-corrected chi connectivity index (χ4v) is 3.22. The van der Waals surface area contributed by atoms with E-state index >= 15 is 0 Å². The van der Waals surface area contributed by atoms with Crippen LogP contribution in [-0.2, 0) is 0 Å². The van der Waals surface area contributed by atoms with Gasteiger partial charge in [0.15, 0.2) is 0 Å². The Bertz CT molecular complexity index is 853. The summed E-state index contributed by atoms with van der Waals surface area (Å²) < 4.78 is 18.6. The Morgan fingerprint density at radius 3 is 2.15 bits per heavy atom. The number of methoxy groups -OCH3 is 1. The molecule has 2 aromatic carbocycles. The van der Waals surface area contributed by atoms with Gasteiger partial charge in [-0.3, -0.25) is 9.59 Å². The Hall–Kier alpha value is -2.89. The number of halogens is 1. The van der Waals surface area contributed by atoms with Gasteiger partial charge >= 0.3 is 0 Å². The molecule has 6 heteroatoms. The maximum Gasteiger partial charge on any atom is 0.254 e. The predicted octanol–water partition coefficient (Wildman–Crippen LogP) is 3.13. The van der Waals surface area contributed by atoms with Gasteiger partial charge in [-0.2, -0.15) is 0 Å². The molecule has 3 rings (SSSR count). The number of nitrogens with zero attached hydrogens (tertiary/aromatic N) is 2. The van der Waals surface area contributed by atoms with E-state index in [0.717, 1.165) is 0 Å². The summed E-state index contributed by atoms with van der Waals surface area (Å²) in [4.78, 5) is 29.0. The van der Waals surface area contributed by atoms with Gasteiger partial charge in [-0.05, 0) is 55.3 Å². The molecule has 0 saturated carbocycles. The first-order valence-electron chi connectivity index (χ1n) is 8.98. The molecule has 1 fully saturated rings. The SMILES string of the molecule is COc1cccc(C(=O)N2CCCN(C(=O)c3ccc(F)c(C)c3)CC2)c1. The van der Waals surface area contributed by atoms with Crippen LogP contribution in [0.3, 0.4) is 0 Å². The highest BCUT2D eigenvalue weighted by Crippen LogP contribution is 2.17. The fraction of sp³-hybridized carbons (Fsp3) is 0.333. The highest BCUT2D eigenvalue weighted by molar-refractivity contribution is 5.95. The molecule has 2 aromatic rings. The standard InChI is InChI=1S/C21H23FN2O3/c1-15-13-17(7-8-19(15)22)21(26)24-10-4-9-23(11-12-24)20(25)16-5-3-6-18(14-16)27-2/h3,5-8,13-14H,4,9-12H2,1-2H3. The molecule has 2 amide bonds. The Morgan fingerprint density at radius 2 is 1.56 bits per heavy atom. The molecule has 1 aliphatic heterocycles. The number of hydrogen-bond acceptors (Lipinski definition) is 3. The maximum absolute atomic E-state index is 13.4. The molecule has 0 radical (unpaired) electrons. The van der Waals surface area contributed by atoms with Crippen LogP contribution in [0.2, 0.25) is 0 Å². The van der Waals surface area contributed by atoms with Crippen molar-refractivity contribution in [2.75, 3.05) is 33.3 Å². The van der Waals surface area contributed by atoms with E-state index in [4.69, 9.17) is 4.74 Å². The van der Waals surface area contributed by atoms with Crippen molar-refractivity contribution in [1.29, 1.82) is 0 Å². The summed E-state index contributed by atoms with van der Waals surface area (Å²) in [6.07, 6.45) is 0.696. The second-order valence-corrected chi connectivity index (χ2v) is 6.63. The molecule has 0 N–H and O–H groups in total. The molecule has 5 nitrogen and oxygen atoms in total. The number of amides is 2. The van der Waals surface area contributed by atoms with Gasteiger partial charge in [0.05, 0.1) is 7.11 Å². The Morgan fingerprint density at radius 1 is 0.926 bits per heavy atom. The van der Waals surface area contributed by atoms with Crippen LogP contribution >= 0.6 is 0 Å². The molecule has 0 spiro atoms. The smallest absolute Gasteiger partial charge is 0.254 e. The van der Waals surface area contributed by atoms with Crippen molar-refractivity contribution >= 4 is 11.8 Å². The van der Waals surface area contributed by atoms with E-state index in [1.54, 1.807) is 54.2 Å². The summed E-state index contributed by atoms with van der Waals surface area (Å²) in [5.74, 6) is 0.117. The van der Waals surface area contributed by atoms with Gasteiger partial charge in [-0.15, -0.1) is 0 Å². The molecule has 0 atom stereocenters. The van der Waals surface area contributed by atoms with Crippen molar-refractivity contribution in [3.05, 3.63) is 65.0 Å². The Labute approximate surface area is 158 Å². The Kier molecular flexibility index (Phi) is 5.74. The number of ether oxygens (including phenoxy) is 1. The van der Waals surface area contributed by atoms with Crippen molar-refractivity contribution in [2.24, 2.45) is 0 Å². The fourth-order valence-electron chi connectivity index (χ4n) is 3.22. The molecule has 27 heavy (non-hydrogen) atoms. The number of carbonyl (C=O) groups excluding carboxylic acids is 2. The van der Waals surface area contributed by atoms with E-state index in [-0.39, 0.29) is 17.6 Å². The molecule has 142 valence electrons. The van der Waals surface area contributed by atoms with Gasteiger partial charge < -0.3 is 14.5 Å². The van der Waals surface area contributed by atoms with Crippen molar-refractivity contribution in [3.63, 3.8) is 0 Å². The van der Waals surface area contributed by atoms with E-state index in [1.807, 2.05) is 0 Å². The molecular formula is C21H23FN2O3. The Balaban J connectivity index is 1.68. The summed E-state index contributed by atoms with van der Waals surface area (Å²) >= 11 is 0. The molecule has 0 unspecified atom stereocenters. The van der Waals surface area contributed by atoms with Crippen molar-refractivity contribution < 1.29 is 18.7 Å². The van der Waals surface area contributed by atoms with Crippen LogP contribution < -0.4 is 4.74 Å². The number of benzene rings is 2. The summed E-state index contributed by atoms with van der Waals surface area (Å²) in [6, 6.07) is 11.5. The van der Waals surface area contributed by atoms with Crippen molar-refractivity contribution in [1.82, 2.24) is 9.80 Å². The van der Waals surface area contributed by atoms with E-state index < -0.39 is 0 Å². The van der Waals surface area contributed by atoms with E-state index in [2.05, 4.69) is 0 Å². The molecule has 0 bridgehead atoms. The number of aryl methyl sites for hydroxylation is 1. The third-order valence-electron chi connectivity index (χ3n) is 4.79. The molecule has 0 aliphatic carbocycles. The molecule has 1 heterocycles. The minimum absolute atomic E-state index is 0.0687. The van der Waals surface area contributed by atoms with Gasteiger partial charge in [0.1, 0.15) is 11.6 Å². The van der Waals surface area contributed by atoms with Crippen LogP contribution in [0, 0.1) is 12.7 Å². The first kappa shape index (κ1) is 18.9. The lowest BCUT2D eigenvalue weighted by Crippen LogP contribution is -2.37. The third kappa shape index (κ3) is 4.27. The summed E-state index contributed by atoms with van der Waals surface area (Å²) in [6.45, 7) is 3.70. The van der Waals surface area contributed by atoms with Crippen LogP contribution in [0.25, 0.3) is 0 Å². The second kappa shape index (κ2) is 8.20. The maximum atomic E-state index is 13.4. The topological polar surface area (TPSA) is 49.9 Å². The molecule has 1 saturated heterocycles. The van der Waals surface area contributed by atoms with Crippen molar-refractivity contribution in [2.45, 2.75) is 13.3 Å². The van der Waals surface area contributed by atoms with E-state index in [1.165, 1.54) is 12.1 Å². The molecule has 0 aromatic heterocycles. The quantitative estimate of drug-likeness (QED) is 0.834. The lowest BCUT2D eigenvalue weighted by molar-refractivity contribution is 0.0718. The molecular weight excluding hydrogens is 347 g/mol. The van der Waals surface area contributed by atoms with Crippen LogP contribution in [0.15, 0.2) is 42.5 Å². The van der Waals surface area contributed by atoms with Crippen molar-refractivity contribution in [3.8, 4) is 5.75 Å². The summed E-state index contributed by atoms with van der Waals surface area (Å²) in [5, 5.41) is 0. The third-order valence-corrected chi connectivity index (χ3v) is 4.79. The molecule has 1 aliphatic rings. The second-order valence-electron chi connectivity index (χ2n) is 6.63. The van der Waals surface area contributed by atoms with Crippen LogP contribution in [0.5, 0.6) is 5.75 Å². The lowest BCUT2D eigenvalue weighted by atomic mass is 10.1. The van der Waals surface area contributed by atoms with Gasteiger partial charge in [-0.1, -0.05) is 6.07 Å². The minimum Gasteiger partial charge on any atom is -0.497 e. The highest BCUT2D eigenvalue weighted by Gasteiger charge is 2.24. The van der Waals surface area contributed by atoms with Crippen LogP contribution in [-0.4, -0.2) is 54.9 Å². The van der Waals surface area contributed by atoms with Gasteiger partial charge in [0.2, 0.25) is 0 Å². The van der Waals surface area contributed by atoms with Gasteiger partial charge in [0.25, 0.3) is 11.8 Å². The van der Waals surface area contributed by atoms with E-state index in [9.17, 15) is 14.0 Å². The highest BCUT2D eigenvalue weighted by atomic mass is 19.1. The summed E-state index contributed by atoms with van der Waals surface area (Å²) in [7, 11) is 1.57. The average molecular weight is 370 g/mol. The monoisotopic (exact) mass is 370 g/mol. The zero-order valence-electron chi connectivity index (χ0n) is 15.6. The lowest BCUT2D eigenvalue weighted by Gasteiger charge is -2.22. The number of carbonyl (C=O) groups is 2. The predicted molar refractivity (Wildman–Crippen MR) is 101 cm³/mol. The zero-order valence-corrected chi connectivity index (χ0v) is 15.6.